The fraction of sp³-hybridized carbons (Fsp3) is 0.176. The van der Waals surface area contributed by atoms with Crippen LogP contribution in [0.3, 0.4) is 0 Å². The summed E-state index contributed by atoms with van der Waals surface area (Å²) in [6, 6.07) is 14.0. The molecule has 6 nitrogen and oxygen atoms in total. The van der Waals surface area contributed by atoms with Gasteiger partial charge in [-0.05, 0) is 36.4 Å². The zero-order chi connectivity index (χ0) is 18.1. The molecule has 0 unspecified atom stereocenters. The van der Waals surface area contributed by atoms with E-state index in [0.717, 1.165) is 0 Å². The highest BCUT2D eigenvalue weighted by Crippen LogP contribution is 2.17. The van der Waals surface area contributed by atoms with Gasteiger partial charge in [0.1, 0.15) is 11.5 Å². The Hall–Kier alpha value is -3.16. The van der Waals surface area contributed by atoms with E-state index in [1.54, 1.807) is 24.3 Å². The zero-order valence-electron chi connectivity index (χ0n) is 13.0. The molecule has 1 amide bonds. The molecule has 0 aliphatic rings. The highest BCUT2D eigenvalue weighted by atomic mass is 19.3. The number of esters is 1. The van der Waals surface area contributed by atoms with E-state index in [2.05, 4.69) is 10.1 Å². The van der Waals surface area contributed by atoms with Crippen LogP contribution in [0.5, 0.6) is 11.5 Å². The molecule has 0 fully saturated rings. The summed E-state index contributed by atoms with van der Waals surface area (Å²) < 4.78 is 38.2. The van der Waals surface area contributed by atoms with Crippen LogP contribution in [0.25, 0.3) is 0 Å². The number of hydrogen-bond acceptors (Lipinski definition) is 5. The number of halogens is 2. The van der Waals surface area contributed by atoms with Crippen molar-refractivity contribution in [1.29, 1.82) is 0 Å². The molecule has 25 heavy (non-hydrogen) atoms. The quantitative estimate of drug-likeness (QED) is 0.741. The number of alkyl halides is 2. The lowest BCUT2D eigenvalue weighted by atomic mass is 10.3. The van der Waals surface area contributed by atoms with Gasteiger partial charge in [-0.15, -0.1) is 0 Å². The number of nitrogens with one attached hydrogen (secondary N) is 1. The zero-order valence-corrected chi connectivity index (χ0v) is 13.0. The number of amides is 1. The third kappa shape index (κ3) is 6.86. The number of carbonyl (C=O) groups excluding carboxylic acids is 2. The third-order valence-corrected chi connectivity index (χ3v) is 2.83. The highest BCUT2D eigenvalue weighted by Gasteiger charge is 2.09. The van der Waals surface area contributed by atoms with Crippen molar-refractivity contribution in [2.45, 2.75) is 6.61 Å². The summed E-state index contributed by atoms with van der Waals surface area (Å²) in [6.07, 6.45) is 0. The van der Waals surface area contributed by atoms with E-state index in [9.17, 15) is 18.4 Å². The number of carbonyl (C=O) groups is 2. The molecule has 132 valence electrons. The number of ether oxygens (including phenoxy) is 3. The number of hydrogen-bond donors (Lipinski definition) is 1. The molecule has 0 spiro atoms. The summed E-state index contributed by atoms with van der Waals surface area (Å²) in [5, 5.41) is 2.45. The number of anilines is 1. The van der Waals surface area contributed by atoms with Crippen LogP contribution < -0.4 is 14.8 Å². The van der Waals surface area contributed by atoms with E-state index in [1.165, 1.54) is 24.3 Å². The fourth-order valence-electron chi connectivity index (χ4n) is 1.76. The second kappa shape index (κ2) is 9.21. The number of benzene rings is 2. The van der Waals surface area contributed by atoms with Crippen LogP contribution in [0, 0.1) is 0 Å². The lowest BCUT2D eigenvalue weighted by molar-refractivity contribution is -0.149. The minimum absolute atomic E-state index is 0.0301. The maximum Gasteiger partial charge on any atom is 0.387 e. The van der Waals surface area contributed by atoms with Crippen LogP contribution in [0.15, 0.2) is 54.6 Å². The third-order valence-electron chi connectivity index (χ3n) is 2.83. The van der Waals surface area contributed by atoms with Crippen molar-refractivity contribution in [2.75, 3.05) is 18.5 Å². The van der Waals surface area contributed by atoms with Crippen molar-refractivity contribution in [3.8, 4) is 11.5 Å². The van der Waals surface area contributed by atoms with Crippen LogP contribution >= 0.6 is 0 Å². The summed E-state index contributed by atoms with van der Waals surface area (Å²) in [5.41, 5.74) is 0.350. The summed E-state index contributed by atoms with van der Waals surface area (Å²) in [7, 11) is 0. The monoisotopic (exact) mass is 351 g/mol. The second-order valence-electron chi connectivity index (χ2n) is 4.71. The van der Waals surface area contributed by atoms with E-state index in [1.807, 2.05) is 6.07 Å². The molecule has 0 aliphatic carbocycles. The maximum atomic E-state index is 12.0. The Morgan fingerprint density at radius 2 is 1.60 bits per heavy atom. The second-order valence-corrected chi connectivity index (χ2v) is 4.71. The Morgan fingerprint density at radius 3 is 2.24 bits per heavy atom. The predicted octanol–water partition coefficient (Wildman–Crippen LogP) is 2.85. The molecule has 0 atom stereocenters. The van der Waals surface area contributed by atoms with E-state index < -0.39 is 25.1 Å². The molecular weight excluding hydrogens is 336 g/mol. The van der Waals surface area contributed by atoms with Crippen LogP contribution in [-0.2, 0) is 14.3 Å². The van der Waals surface area contributed by atoms with Gasteiger partial charge in [0, 0.05) is 5.69 Å². The Bertz CT molecular complexity index is 692. The fourth-order valence-corrected chi connectivity index (χ4v) is 1.76. The molecule has 1 N–H and O–H groups in total. The Balaban J connectivity index is 1.70. The lowest BCUT2D eigenvalue weighted by Gasteiger charge is -2.09. The van der Waals surface area contributed by atoms with Gasteiger partial charge in [-0.25, -0.2) is 4.79 Å². The maximum absolute atomic E-state index is 12.0. The number of rotatable bonds is 8. The molecule has 8 heteroatoms. The van der Waals surface area contributed by atoms with Gasteiger partial charge in [0.05, 0.1) is 0 Å². The summed E-state index contributed by atoms with van der Waals surface area (Å²) >= 11 is 0. The van der Waals surface area contributed by atoms with Gasteiger partial charge in [0.25, 0.3) is 5.91 Å². The normalized spacial score (nSPS) is 10.2. The average Bonchev–Trinajstić information content (AvgIpc) is 2.60. The topological polar surface area (TPSA) is 73.9 Å². The largest absolute Gasteiger partial charge is 0.482 e. The SMILES string of the molecule is O=C(COC(=O)COc1ccccc1)Nc1ccc(OC(F)F)cc1. The molecule has 0 radical (unpaired) electrons. The Morgan fingerprint density at radius 1 is 0.920 bits per heavy atom. The van der Waals surface area contributed by atoms with Crippen molar-refractivity contribution in [3.63, 3.8) is 0 Å². The van der Waals surface area contributed by atoms with Gasteiger partial charge in [-0.2, -0.15) is 8.78 Å². The molecule has 0 heterocycles. The Labute approximate surface area is 142 Å². The summed E-state index contributed by atoms with van der Waals surface area (Å²) in [5.74, 6) is -0.789. The van der Waals surface area contributed by atoms with Crippen LogP contribution in [-0.4, -0.2) is 31.7 Å². The first-order valence-electron chi connectivity index (χ1n) is 7.21. The molecule has 2 rings (SSSR count). The smallest absolute Gasteiger partial charge is 0.387 e. The predicted molar refractivity (Wildman–Crippen MR) is 84.6 cm³/mol. The minimum Gasteiger partial charge on any atom is -0.482 e. The molecule has 2 aromatic rings. The summed E-state index contributed by atoms with van der Waals surface area (Å²) in [4.78, 5) is 23.2. The van der Waals surface area contributed by atoms with Crippen molar-refractivity contribution in [1.82, 2.24) is 0 Å². The van der Waals surface area contributed by atoms with Crippen LogP contribution in [0.4, 0.5) is 14.5 Å². The van der Waals surface area contributed by atoms with Gasteiger partial charge in [0.15, 0.2) is 13.2 Å². The molecule has 2 aromatic carbocycles. The van der Waals surface area contributed by atoms with E-state index in [4.69, 9.17) is 9.47 Å². The van der Waals surface area contributed by atoms with Gasteiger partial charge in [-0.1, -0.05) is 18.2 Å². The van der Waals surface area contributed by atoms with E-state index in [0.29, 0.717) is 11.4 Å². The average molecular weight is 351 g/mol. The van der Waals surface area contributed by atoms with E-state index >= 15 is 0 Å². The van der Waals surface area contributed by atoms with Crippen LogP contribution in [0.2, 0.25) is 0 Å². The van der Waals surface area contributed by atoms with Crippen LogP contribution in [0.1, 0.15) is 0 Å². The summed E-state index contributed by atoms with van der Waals surface area (Å²) in [6.45, 7) is -3.73. The first-order valence-corrected chi connectivity index (χ1v) is 7.21. The Kier molecular flexibility index (Phi) is 6.70. The molecular formula is C17H15F2NO5. The van der Waals surface area contributed by atoms with Gasteiger partial charge < -0.3 is 19.5 Å². The van der Waals surface area contributed by atoms with Gasteiger partial charge in [0.2, 0.25) is 0 Å². The first-order chi connectivity index (χ1) is 12.0. The molecule has 0 saturated heterocycles. The molecule has 0 saturated carbocycles. The highest BCUT2D eigenvalue weighted by molar-refractivity contribution is 5.92. The van der Waals surface area contributed by atoms with Gasteiger partial charge >= 0.3 is 12.6 Å². The van der Waals surface area contributed by atoms with Crippen molar-refractivity contribution in [3.05, 3.63) is 54.6 Å². The first kappa shape index (κ1) is 18.2. The minimum atomic E-state index is -2.92. The molecule has 0 bridgehead atoms. The van der Waals surface area contributed by atoms with Gasteiger partial charge in [-0.3, -0.25) is 4.79 Å². The lowest BCUT2D eigenvalue weighted by Crippen LogP contribution is -2.23. The molecule has 0 aromatic heterocycles. The molecule has 0 aliphatic heterocycles. The van der Waals surface area contributed by atoms with Crippen molar-refractivity contribution < 1.29 is 32.6 Å². The van der Waals surface area contributed by atoms with Crippen molar-refractivity contribution in [2.24, 2.45) is 0 Å². The standard InChI is InChI=1S/C17H15F2NO5/c18-17(19)25-14-8-6-12(7-9-14)20-15(21)10-24-16(22)11-23-13-4-2-1-3-5-13/h1-9,17H,10-11H2,(H,20,21). The van der Waals surface area contributed by atoms with E-state index in [-0.39, 0.29) is 12.4 Å². The number of para-hydroxylation sites is 1. The van der Waals surface area contributed by atoms with Crippen molar-refractivity contribution >= 4 is 17.6 Å².